The van der Waals surface area contributed by atoms with E-state index in [1.165, 1.54) is 0 Å². The van der Waals surface area contributed by atoms with Crippen molar-refractivity contribution in [1.29, 1.82) is 0 Å². The van der Waals surface area contributed by atoms with Gasteiger partial charge in [-0.1, -0.05) is 25.6 Å². The smallest absolute Gasteiger partial charge is 0.326 e. The molecule has 1 aliphatic heterocycles. The van der Waals surface area contributed by atoms with Crippen molar-refractivity contribution in [2.24, 2.45) is 5.92 Å². The molecule has 2 amide bonds. The lowest BCUT2D eigenvalue weighted by molar-refractivity contribution is -0.142. The summed E-state index contributed by atoms with van der Waals surface area (Å²) in [5.74, 6) is -0.969. The normalized spacial score (nSPS) is 21.1. The Labute approximate surface area is 104 Å². The van der Waals surface area contributed by atoms with Crippen molar-refractivity contribution in [3.63, 3.8) is 0 Å². The van der Waals surface area contributed by atoms with E-state index in [1.807, 2.05) is 13.8 Å². The lowest BCUT2D eigenvalue weighted by Crippen LogP contribution is -2.49. The first-order chi connectivity index (χ1) is 7.90. The van der Waals surface area contributed by atoms with E-state index in [1.54, 1.807) is 0 Å². The number of aliphatic carboxylic acids is 1. The maximum atomic E-state index is 11.7. The molecule has 1 rings (SSSR count). The molecule has 0 aliphatic carbocycles. The minimum absolute atomic E-state index is 0.170. The summed E-state index contributed by atoms with van der Waals surface area (Å²) < 4.78 is 0. The molecule has 0 bridgehead atoms. The van der Waals surface area contributed by atoms with E-state index >= 15 is 0 Å². The number of carbonyl (C=O) groups is 3. The summed E-state index contributed by atoms with van der Waals surface area (Å²) in [7, 11) is 0. The van der Waals surface area contributed by atoms with E-state index < -0.39 is 24.0 Å². The van der Waals surface area contributed by atoms with E-state index in [9.17, 15) is 14.4 Å². The van der Waals surface area contributed by atoms with Gasteiger partial charge in [-0.05, 0) is 12.3 Å². The molecule has 0 aromatic rings. The Morgan fingerprint density at radius 3 is 2.65 bits per heavy atom. The van der Waals surface area contributed by atoms with Gasteiger partial charge in [0.15, 0.2) is 0 Å². The van der Waals surface area contributed by atoms with Crippen LogP contribution >= 0.6 is 11.8 Å². The van der Waals surface area contributed by atoms with Gasteiger partial charge in [-0.2, -0.15) is 0 Å². The van der Waals surface area contributed by atoms with Crippen LogP contribution in [0, 0.1) is 5.92 Å². The molecule has 1 fully saturated rings. The molecule has 2 atom stereocenters. The zero-order chi connectivity index (χ0) is 13.0. The number of amides is 2. The Bertz CT molecular complexity index is 332. The van der Waals surface area contributed by atoms with E-state index in [4.69, 9.17) is 5.11 Å². The summed E-state index contributed by atoms with van der Waals surface area (Å²) in [4.78, 5) is 33.5. The van der Waals surface area contributed by atoms with Gasteiger partial charge in [0.1, 0.15) is 12.1 Å². The van der Waals surface area contributed by atoms with Gasteiger partial charge in [-0.25, -0.2) is 4.79 Å². The summed E-state index contributed by atoms with van der Waals surface area (Å²) in [5.41, 5.74) is 0. The van der Waals surface area contributed by atoms with Crippen molar-refractivity contribution in [2.45, 2.75) is 32.4 Å². The Morgan fingerprint density at radius 1 is 1.59 bits per heavy atom. The lowest BCUT2D eigenvalue weighted by atomic mass is 10.0. The third-order valence-electron chi connectivity index (χ3n) is 2.31. The quantitative estimate of drug-likeness (QED) is 0.666. The maximum absolute atomic E-state index is 11.7. The number of carboxylic acid groups (broad SMARTS) is 1. The van der Waals surface area contributed by atoms with Crippen molar-refractivity contribution in [1.82, 2.24) is 10.6 Å². The molecule has 0 saturated carbocycles. The van der Waals surface area contributed by atoms with Crippen molar-refractivity contribution < 1.29 is 19.5 Å². The Morgan fingerprint density at radius 2 is 2.24 bits per heavy atom. The third kappa shape index (κ3) is 4.26. The molecule has 0 radical (unpaired) electrons. The number of thioether (sulfide) groups is 1. The molecule has 0 aromatic heterocycles. The predicted octanol–water partition coefficient (Wildman–Crippen LogP) is 0.427. The monoisotopic (exact) mass is 260 g/mol. The molecular weight excluding hydrogens is 244 g/mol. The predicted molar refractivity (Wildman–Crippen MR) is 63.8 cm³/mol. The van der Waals surface area contributed by atoms with Crippen LogP contribution in [0.4, 0.5) is 4.79 Å². The van der Waals surface area contributed by atoms with Gasteiger partial charge < -0.3 is 15.7 Å². The van der Waals surface area contributed by atoms with Crippen molar-refractivity contribution in [2.75, 3.05) is 5.75 Å². The van der Waals surface area contributed by atoms with Gasteiger partial charge >= 0.3 is 5.97 Å². The van der Waals surface area contributed by atoms with E-state index in [-0.39, 0.29) is 11.2 Å². The maximum Gasteiger partial charge on any atom is 0.326 e. The fraction of sp³-hybridized carbons (Fsp3) is 0.700. The summed E-state index contributed by atoms with van der Waals surface area (Å²) in [6.07, 6.45) is 0.370. The fourth-order valence-corrected chi connectivity index (χ4v) is 2.27. The zero-order valence-corrected chi connectivity index (χ0v) is 10.5. The minimum Gasteiger partial charge on any atom is -0.480 e. The number of carbonyl (C=O) groups excluding carboxylic acids is 2. The number of carboxylic acids is 1. The van der Waals surface area contributed by atoms with Crippen LogP contribution in [0.3, 0.4) is 0 Å². The Kier molecular flexibility index (Phi) is 4.80. The number of nitrogens with one attached hydrogen (secondary N) is 2. The Hall–Kier alpha value is -1.24. The highest BCUT2D eigenvalue weighted by atomic mass is 32.2. The summed E-state index contributed by atoms with van der Waals surface area (Å²) in [5, 5.41) is 13.6. The second-order valence-corrected chi connectivity index (χ2v) is 5.32. The second-order valence-electron chi connectivity index (χ2n) is 4.32. The Balaban J connectivity index is 2.52. The first-order valence-corrected chi connectivity index (χ1v) is 6.35. The van der Waals surface area contributed by atoms with Gasteiger partial charge in [0, 0.05) is 5.75 Å². The summed E-state index contributed by atoms with van der Waals surface area (Å²) in [6.45, 7) is 3.77. The molecular formula is C10H16N2O4S. The van der Waals surface area contributed by atoms with Gasteiger partial charge in [-0.3, -0.25) is 9.59 Å². The van der Waals surface area contributed by atoms with Crippen LogP contribution in [0.15, 0.2) is 0 Å². The molecule has 1 aliphatic rings. The van der Waals surface area contributed by atoms with Crippen LogP contribution < -0.4 is 10.6 Å². The van der Waals surface area contributed by atoms with Crippen LogP contribution in [0.2, 0.25) is 0 Å². The van der Waals surface area contributed by atoms with E-state index in [0.29, 0.717) is 12.2 Å². The minimum atomic E-state index is -1.05. The van der Waals surface area contributed by atoms with Gasteiger partial charge in [0.25, 0.3) is 5.24 Å². The van der Waals surface area contributed by atoms with Crippen molar-refractivity contribution >= 4 is 28.9 Å². The van der Waals surface area contributed by atoms with Crippen molar-refractivity contribution in [3.8, 4) is 0 Å². The van der Waals surface area contributed by atoms with E-state index in [2.05, 4.69) is 10.6 Å². The molecule has 7 heteroatoms. The van der Waals surface area contributed by atoms with Crippen molar-refractivity contribution in [3.05, 3.63) is 0 Å². The van der Waals surface area contributed by atoms with E-state index in [0.717, 1.165) is 11.8 Å². The van der Waals surface area contributed by atoms with Gasteiger partial charge in [0.2, 0.25) is 5.91 Å². The molecule has 0 spiro atoms. The number of hydrogen-bond donors (Lipinski definition) is 3. The summed E-state index contributed by atoms with van der Waals surface area (Å²) >= 11 is 1.02. The third-order valence-corrected chi connectivity index (χ3v) is 3.19. The number of hydrogen-bond acceptors (Lipinski definition) is 4. The molecule has 1 unspecified atom stereocenters. The highest BCUT2D eigenvalue weighted by Gasteiger charge is 2.31. The average molecular weight is 260 g/mol. The summed E-state index contributed by atoms with van der Waals surface area (Å²) in [6, 6.07) is -1.52. The van der Waals surface area contributed by atoms with Gasteiger partial charge in [0.05, 0.1) is 0 Å². The van der Waals surface area contributed by atoms with Crippen LogP contribution in [0.1, 0.15) is 20.3 Å². The molecule has 17 heavy (non-hydrogen) atoms. The second kappa shape index (κ2) is 5.90. The molecule has 1 saturated heterocycles. The highest BCUT2D eigenvalue weighted by Crippen LogP contribution is 2.13. The average Bonchev–Trinajstić information content (AvgIpc) is 2.63. The van der Waals surface area contributed by atoms with Crippen LogP contribution in [0.25, 0.3) is 0 Å². The molecule has 3 N–H and O–H groups in total. The zero-order valence-electron chi connectivity index (χ0n) is 9.73. The molecule has 1 heterocycles. The molecule has 6 nitrogen and oxygen atoms in total. The number of rotatable bonds is 5. The SMILES string of the molecule is CC(C)C[C@H](NC(=O)C1CSC(=O)N1)C(=O)O. The molecule has 0 aromatic carbocycles. The largest absolute Gasteiger partial charge is 0.480 e. The van der Waals surface area contributed by atoms with Crippen LogP contribution in [0.5, 0.6) is 0 Å². The van der Waals surface area contributed by atoms with Crippen LogP contribution in [-0.4, -0.2) is 40.1 Å². The van der Waals surface area contributed by atoms with Gasteiger partial charge in [-0.15, -0.1) is 0 Å². The fourth-order valence-electron chi connectivity index (χ4n) is 1.49. The molecule has 96 valence electrons. The van der Waals surface area contributed by atoms with Crippen LogP contribution in [-0.2, 0) is 9.59 Å². The standard InChI is InChI=1S/C10H16N2O4S/c1-5(2)3-6(9(14)15)11-8(13)7-4-17-10(16)12-7/h5-7H,3-4H2,1-2H3,(H,11,13)(H,12,16)(H,14,15)/t6-,7?/m0/s1. The lowest BCUT2D eigenvalue weighted by Gasteiger charge is -2.18. The first-order valence-electron chi connectivity index (χ1n) is 5.36. The first kappa shape index (κ1) is 13.8. The highest BCUT2D eigenvalue weighted by molar-refractivity contribution is 8.14. The topological polar surface area (TPSA) is 95.5 Å².